The van der Waals surface area contributed by atoms with Crippen LogP contribution in [0.3, 0.4) is 0 Å². The van der Waals surface area contributed by atoms with Crippen LogP contribution in [0, 0.1) is 11.3 Å². The highest BCUT2D eigenvalue weighted by molar-refractivity contribution is 7.15. The molecule has 0 radical (unpaired) electrons. The van der Waals surface area contributed by atoms with Gasteiger partial charge in [-0.25, -0.2) is 4.98 Å². The smallest absolute Gasteiger partial charge is 0.228 e. The summed E-state index contributed by atoms with van der Waals surface area (Å²) >= 11 is 1.63. The van der Waals surface area contributed by atoms with Crippen LogP contribution in [-0.2, 0) is 4.79 Å². The van der Waals surface area contributed by atoms with Crippen LogP contribution in [0.2, 0.25) is 0 Å². The predicted octanol–water partition coefficient (Wildman–Crippen LogP) is 3.81. The van der Waals surface area contributed by atoms with Crippen LogP contribution in [0.25, 0.3) is 16.2 Å². The van der Waals surface area contributed by atoms with Gasteiger partial charge >= 0.3 is 0 Å². The number of rotatable bonds is 3. The fourth-order valence-corrected chi connectivity index (χ4v) is 4.72. The van der Waals surface area contributed by atoms with Gasteiger partial charge in [-0.05, 0) is 49.9 Å². The van der Waals surface area contributed by atoms with Crippen molar-refractivity contribution >= 4 is 40.3 Å². The number of piperidine rings is 1. The number of hydrogen-bond acceptors (Lipinski definition) is 4. The van der Waals surface area contributed by atoms with Crippen LogP contribution in [-0.4, -0.2) is 28.4 Å². The monoisotopic (exact) mass is 388 g/mol. The summed E-state index contributed by atoms with van der Waals surface area (Å²) < 4.78 is 2.03. The molecule has 1 aliphatic carbocycles. The molecule has 2 N–H and O–H groups in total. The Morgan fingerprint density at radius 3 is 2.77 bits per heavy atom. The summed E-state index contributed by atoms with van der Waals surface area (Å²) in [7, 11) is 0. The lowest BCUT2D eigenvalue weighted by Gasteiger charge is -2.23. The summed E-state index contributed by atoms with van der Waals surface area (Å²) in [5.41, 5.74) is 3.17. The van der Waals surface area contributed by atoms with Crippen molar-refractivity contribution < 1.29 is 4.79 Å². The minimum Gasteiger partial charge on any atom is -0.326 e. The van der Waals surface area contributed by atoms with Crippen LogP contribution in [0.15, 0.2) is 42.0 Å². The molecule has 1 saturated heterocycles. The van der Waals surface area contributed by atoms with Gasteiger partial charge in [-0.2, -0.15) is 0 Å². The third-order valence-electron chi connectivity index (χ3n) is 5.65. The Morgan fingerprint density at radius 2 is 2.04 bits per heavy atom. The van der Waals surface area contributed by atoms with Gasteiger partial charge in [-0.15, -0.1) is 23.7 Å². The van der Waals surface area contributed by atoms with Crippen molar-refractivity contribution in [2.24, 2.45) is 11.3 Å². The first-order valence-electron chi connectivity index (χ1n) is 8.78. The molecule has 1 unspecified atom stereocenters. The molecule has 2 aromatic heterocycles. The van der Waals surface area contributed by atoms with E-state index in [1.54, 1.807) is 11.3 Å². The van der Waals surface area contributed by atoms with Gasteiger partial charge in [0.05, 0.1) is 5.69 Å². The molecule has 1 amide bonds. The maximum Gasteiger partial charge on any atom is 0.228 e. The second-order valence-electron chi connectivity index (χ2n) is 7.15. The molecule has 2 aliphatic rings. The summed E-state index contributed by atoms with van der Waals surface area (Å²) in [6, 6.07) is 7.99. The number of carbonyl (C=O) groups is 1. The van der Waals surface area contributed by atoms with Crippen LogP contribution < -0.4 is 10.6 Å². The van der Waals surface area contributed by atoms with Gasteiger partial charge in [-0.3, -0.25) is 9.20 Å². The predicted molar refractivity (Wildman–Crippen MR) is 107 cm³/mol. The number of fused-ring (bicyclic) bond motifs is 1. The first-order chi connectivity index (χ1) is 12.2. The van der Waals surface area contributed by atoms with Crippen molar-refractivity contribution in [2.45, 2.75) is 19.3 Å². The van der Waals surface area contributed by atoms with Crippen molar-refractivity contribution in [1.29, 1.82) is 0 Å². The molecular weight excluding hydrogens is 368 g/mol. The maximum atomic E-state index is 12.5. The number of nitrogens with zero attached hydrogens (tertiary/aromatic N) is 2. The largest absolute Gasteiger partial charge is 0.326 e. The van der Waals surface area contributed by atoms with E-state index in [1.165, 1.54) is 0 Å². The van der Waals surface area contributed by atoms with Gasteiger partial charge in [0.15, 0.2) is 4.96 Å². The Labute approximate surface area is 162 Å². The normalized spacial score (nSPS) is 20.7. The lowest BCUT2D eigenvalue weighted by Crippen LogP contribution is -2.31. The van der Waals surface area contributed by atoms with Gasteiger partial charge in [0.2, 0.25) is 5.91 Å². The molecule has 1 aromatic carbocycles. The van der Waals surface area contributed by atoms with Crippen molar-refractivity contribution in [3.8, 4) is 11.3 Å². The van der Waals surface area contributed by atoms with E-state index in [2.05, 4.69) is 15.6 Å². The molecule has 5 nitrogen and oxygen atoms in total. The number of aromatic nitrogens is 2. The molecule has 5 rings (SSSR count). The van der Waals surface area contributed by atoms with E-state index in [0.29, 0.717) is 0 Å². The Morgan fingerprint density at radius 1 is 1.27 bits per heavy atom. The third kappa shape index (κ3) is 3.02. The lowest BCUT2D eigenvalue weighted by molar-refractivity contribution is -0.118. The number of anilines is 1. The highest BCUT2D eigenvalue weighted by Crippen LogP contribution is 2.58. The van der Waals surface area contributed by atoms with E-state index in [-0.39, 0.29) is 29.6 Å². The van der Waals surface area contributed by atoms with Gasteiger partial charge in [0.1, 0.15) is 0 Å². The molecule has 136 valence electrons. The summed E-state index contributed by atoms with van der Waals surface area (Å²) in [6.07, 6.45) is 7.34. The quantitative estimate of drug-likeness (QED) is 0.717. The molecule has 3 heterocycles. The van der Waals surface area contributed by atoms with Gasteiger partial charge in [0, 0.05) is 34.9 Å². The van der Waals surface area contributed by atoms with Gasteiger partial charge in [0.25, 0.3) is 0 Å². The molecule has 26 heavy (non-hydrogen) atoms. The standard InChI is InChI=1S/C19H20N4OS.ClH/c24-17(15-11-19(15)5-7-20-8-6-19)21-14-3-1-13(2-4-14)16-12-23-9-10-25-18(23)22-16;/h1-4,9-10,12,15,20H,5-8,11H2,(H,21,24);1H. The zero-order valence-electron chi connectivity index (χ0n) is 14.3. The first kappa shape index (κ1) is 17.5. The van der Waals surface area contributed by atoms with Crippen molar-refractivity contribution in [2.75, 3.05) is 18.4 Å². The molecule has 1 saturated carbocycles. The lowest BCUT2D eigenvalue weighted by atomic mass is 9.92. The second kappa shape index (κ2) is 6.68. The number of imidazole rings is 1. The third-order valence-corrected chi connectivity index (χ3v) is 6.42. The van der Waals surface area contributed by atoms with Crippen molar-refractivity contribution in [1.82, 2.24) is 14.7 Å². The molecular formula is C19H21ClN4OS. The Hall–Kier alpha value is -1.89. The zero-order chi connectivity index (χ0) is 16.9. The van der Waals surface area contributed by atoms with E-state index < -0.39 is 0 Å². The number of nitrogens with one attached hydrogen (secondary N) is 2. The van der Waals surface area contributed by atoms with Gasteiger partial charge < -0.3 is 10.6 Å². The van der Waals surface area contributed by atoms with E-state index in [1.807, 2.05) is 46.4 Å². The molecule has 7 heteroatoms. The molecule has 1 spiro atoms. The molecule has 2 fully saturated rings. The Kier molecular flexibility index (Phi) is 4.50. The van der Waals surface area contributed by atoms with Crippen LogP contribution in [0.5, 0.6) is 0 Å². The van der Waals surface area contributed by atoms with Gasteiger partial charge in [-0.1, -0.05) is 12.1 Å². The van der Waals surface area contributed by atoms with Crippen LogP contribution in [0.4, 0.5) is 5.69 Å². The number of hydrogen-bond donors (Lipinski definition) is 2. The number of carbonyl (C=O) groups excluding carboxylic acids is 1. The molecule has 3 aromatic rings. The van der Waals surface area contributed by atoms with Crippen molar-refractivity contribution in [3.05, 3.63) is 42.0 Å². The summed E-state index contributed by atoms with van der Waals surface area (Å²) in [5, 5.41) is 8.50. The molecule has 1 aliphatic heterocycles. The Balaban J connectivity index is 0.00000168. The fraction of sp³-hybridized carbons (Fsp3) is 0.368. The molecule has 0 bridgehead atoms. The fourth-order valence-electron chi connectivity index (χ4n) is 4.02. The van der Waals surface area contributed by atoms with Crippen LogP contribution in [0.1, 0.15) is 19.3 Å². The minimum absolute atomic E-state index is 0. The SMILES string of the molecule is Cl.O=C(Nc1ccc(-c2cn3ccsc3n2)cc1)C1CC12CCNCC2. The Bertz CT molecular complexity index is 898. The highest BCUT2D eigenvalue weighted by atomic mass is 35.5. The molecule has 1 atom stereocenters. The van der Waals surface area contributed by atoms with E-state index in [9.17, 15) is 4.79 Å². The van der Waals surface area contributed by atoms with Crippen LogP contribution >= 0.6 is 23.7 Å². The average Bonchev–Trinajstić information content (AvgIpc) is 2.95. The topological polar surface area (TPSA) is 58.4 Å². The highest BCUT2D eigenvalue weighted by Gasteiger charge is 2.57. The number of amides is 1. The number of thiazole rings is 1. The van der Waals surface area contributed by atoms with E-state index >= 15 is 0 Å². The van der Waals surface area contributed by atoms with E-state index in [0.717, 1.165) is 54.3 Å². The number of halogens is 1. The average molecular weight is 389 g/mol. The maximum absolute atomic E-state index is 12.5. The number of benzene rings is 1. The zero-order valence-corrected chi connectivity index (χ0v) is 15.9. The summed E-state index contributed by atoms with van der Waals surface area (Å²) in [4.78, 5) is 18.2. The second-order valence-corrected chi connectivity index (χ2v) is 8.03. The first-order valence-corrected chi connectivity index (χ1v) is 9.66. The summed E-state index contributed by atoms with van der Waals surface area (Å²) in [5.74, 6) is 0.367. The minimum atomic E-state index is 0. The summed E-state index contributed by atoms with van der Waals surface area (Å²) in [6.45, 7) is 2.08. The van der Waals surface area contributed by atoms with E-state index in [4.69, 9.17) is 0 Å². The van der Waals surface area contributed by atoms with Crippen molar-refractivity contribution in [3.63, 3.8) is 0 Å².